The van der Waals surface area contributed by atoms with Gasteiger partial charge in [-0.05, 0) is 30.0 Å². The maximum absolute atomic E-state index is 13.3. The molecular formula is C27H32N4O3. The average molecular weight is 461 g/mol. The minimum atomic E-state index is -0.634. The second-order valence-corrected chi connectivity index (χ2v) is 8.86. The predicted octanol–water partition coefficient (Wildman–Crippen LogP) is 2.91. The molecule has 1 atom stereocenters. The van der Waals surface area contributed by atoms with Crippen molar-refractivity contribution in [2.45, 2.75) is 38.6 Å². The van der Waals surface area contributed by atoms with Crippen molar-refractivity contribution in [2.24, 2.45) is 0 Å². The number of fused-ring (bicyclic) bond motifs is 1. The van der Waals surface area contributed by atoms with E-state index in [1.807, 2.05) is 53.6 Å². The molecule has 0 aliphatic carbocycles. The van der Waals surface area contributed by atoms with E-state index in [9.17, 15) is 14.4 Å². The first-order valence-corrected chi connectivity index (χ1v) is 11.9. The first-order valence-electron chi connectivity index (χ1n) is 11.9. The Hall–Kier alpha value is -3.61. The van der Waals surface area contributed by atoms with Gasteiger partial charge in [0.1, 0.15) is 6.04 Å². The highest BCUT2D eigenvalue weighted by Gasteiger charge is 2.30. The molecule has 1 saturated heterocycles. The lowest BCUT2D eigenvalue weighted by Gasteiger charge is -2.36. The molecule has 1 unspecified atom stereocenters. The number of aromatic nitrogens is 1. The number of hydrogen-bond donors (Lipinski definition) is 2. The van der Waals surface area contributed by atoms with Crippen molar-refractivity contribution in [1.82, 2.24) is 20.1 Å². The Morgan fingerprint density at radius 3 is 2.35 bits per heavy atom. The van der Waals surface area contributed by atoms with Crippen molar-refractivity contribution < 1.29 is 14.4 Å². The fraction of sp³-hybridized carbons (Fsp3) is 0.370. The molecule has 2 aromatic carbocycles. The molecule has 1 fully saturated rings. The number of H-pyrrole nitrogens is 1. The quantitative estimate of drug-likeness (QED) is 0.542. The molecule has 2 N–H and O–H groups in total. The maximum atomic E-state index is 13.3. The van der Waals surface area contributed by atoms with Gasteiger partial charge in [0.05, 0.1) is 0 Å². The largest absolute Gasteiger partial charge is 0.361 e. The van der Waals surface area contributed by atoms with Crippen molar-refractivity contribution in [3.63, 3.8) is 0 Å². The van der Waals surface area contributed by atoms with Gasteiger partial charge in [0, 0.05) is 63.0 Å². The van der Waals surface area contributed by atoms with Crippen LogP contribution in [0.15, 0.2) is 60.8 Å². The minimum absolute atomic E-state index is 0.100. The van der Waals surface area contributed by atoms with Crippen LogP contribution in [-0.2, 0) is 27.2 Å². The molecule has 178 valence electrons. The van der Waals surface area contributed by atoms with Crippen molar-refractivity contribution in [3.05, 3.63) is 71.9 Å². The first-order chi connectivity index (χ1) is 16.5. The molecule has 2 heterocycles. The van der Waals surface area contributed by atoms with Crippen LogP contribution >= 0.6 is 0 Å². The van der Waals surface area contributed by atoms with Crippen LogP contribution in [0.1, 0.15) is 30.9 Å². The molecule has 7 heteroatoms. The van der Waals surface area contributed by atoms with Gasteiger partial charge in [-0.2, -0.15) is 0 Å². The van der Waals surface area contributed by atoms with Gasteiger partial charge in [-0.25, -0.2) is 0 Å². The van der Waals surface area contributed by atoms with Crippen LogP contribution in [0.3, 0.4) is 0 Å². The highest BCUT2D eigenvalue weighted by molar-refractivity contribution is 5.89. The molecule has 3 amide bonds. The Bertz CT molecular complexity index is 1130. The number of carbonyl (C=O) groups excluding carboxylic acids is 3. The zero-order valence-corrected chi connectivity index (χ0v) is 19.6. The lowest BCUT2D eigenvalue weighted by Crippen LogP contribution is -2.56. The fourth-order valence-corrected chi connectivity index (χ4v) is 4.61. The number of rotatable bonds is 8. The normalized spacial score (nSPS) is 14.7. The third-order valence-corrected chi connectivity index (χ3v) is 6.42. The van der Waals surface area contributed by atoms with Gasteiger partial charge in [-0.15, -0.1) is 0 Å². The number of benzene rings is 2. The van der Waals surface area contributed by atoms with E-state index < -0.39 is 6.04 Å². The Labute approximate surface area is 200 Å². The Morgan fingerprint density at radius 1 is 0.941 bits per heavy atom. The summed E-state index contributed by atoms with van der Waals surface area (Å²) in [6.07, 6.45) is 4.53. The second kappa shape index (κ2) is 11.0. The Balaban J connectivity index is 1.31. The van der Waals surface area contributed by atoms with Crippen LogP contribution in [0.4, 0.5) is 0 Å². The summed E-state index contributed by atoms with van der Waals surface area (Å²) >= 11 is 0. The molecule has 0 saturated carbocycles. The van der Waals surface area contributed by atoms with E-state index in [1.165, 1.54) is 12.5 Å². The number of nitrogens with one attached hydrogen (secondary N) is 2. The predicted molar refractivity (Wildman–Crippen MR) is 132 cm³/mol. The molecule has 3 aromatic rings. The van der Waals surface area contributed by atoms with Crippen molar-refractivity contribution in [2.75, 3.05) is 26.2 Å². The molecule has 1 aromatic heterocycles. The molecular weight excluding hydrogens is 428 g/mol. The third kappa shape index (κ3) is 5.84. The van der Waals surface area contributed by atoms with Crippen molar-refractivity contribution >= 4 is 28.6 Å². The van der Waals surface area contributed by atoms with Gasteiger partial charge >= 0.3 is 0 Å². The molecule has 0 spiro atoms. The summed E-state index contributed by atoms with van der Waals surface area (Å²) in [5.41, 5.74) is 3.24. The number of amides is 3. The number of piperazine rings is 1. The van der Waals surface area contributed by atoms with E-state index in [2.05, 4.69) is 22.4 Å². The Kier molecular flexibility index (Phi) is 7.62. The summed E-state index contributed by atoms with van der Waals surface area (Å²) in [4.78, 5) is 44.6. The lowest BCUT2D eigenvalue weighted by molar-refractivity contribution is -0.141. The van der Waals surface area contributed by atoms with Crippen LogP contribution in [-0.4, -0.2) is 64.7 Å². The van der Waals surface area contributed by atoms with E-state index in [0.717, 1.165) is 29.3 Å². The van der Waals surface area contributed by atoms with Gasteiger partial charge < -0.3 is 20.1 Å². The molecule has 0 bridgehead atoms. The van der Waals surface area contributed by atoms with Crippen LogP contribution in [0, 0.1) is 0 Å². The van der Waals surface area contributed by atoms with Gasteiger partial charge in [0.15, 0.2) is 0 Å². The van der Waals surface area contributed by atoms with Crippen molar-refractivity contribution in [1.29, 1.82) is 0 Å². The SMILES string of the molecule is CC(=O)NC(Cc1c[nH]c2ccccc12)C(=O)N1CCN(C(=O)CCCc2ccccc2)CC1. The molecule has 7 nitrogen and oxygen atoms in total. The number of aromatic amines is 1. The van der Waals surface area contributed by atoms with E-state index in [1.54, 1.807) is 4.90 Å². The molecule has 0 radical (unpaired) electrons. The molecule has 1 aliphatic rings. The summed E-state index contributed by atoms with van der Waals surface area (Å²) in [6.45, 7) is 3.44. The number of nitrogens with zero attached hydrogens (tertiary/aromatic N) is 2. The highest BCUT2D eigenvalue weighted by atomic mass is 16.2. The molecule has 34 heavy (non-hydrogen) atoms. The number of aryl methyl sites for hydroxylation is 1. The number of hydrogen-bond acceptors (Lipinski definition) is 3. The van der Waals surface area contributed by atoms with Crippen LogP contribution in [0.5, 0.6) is 0 Å². The van der Waals surface area contributed by atoms with E-state index in [-0.39, 0.29) is 17.7 Å². The van der Waals surface area contributed by atoms with E-state index in [0.29, 0.717) is 39.0 Å². The summed E-state index contributed by atoms with van der Waals surface area (Å²) in [5.74, 6) is -0.192. The summed E-state index contributed by atoms with van der Waals surface area (Å²) in [6, 6.07) is 17.5. The maximum Gasteiger partial charge on any atom is 0.245 e. The molecule has 1 aliphatic heterocycles. The van der Waals surface area contributed by atoms with Gasteiger partial charge in [-0.1, -0.05) is 48.5 Å². The van der Waals surface area contributed by atoms with Gasteiger partial charge in [0.25, 0.3) is 0 Å². The zero-order valence-electron chi connectivity index (χ0n) is 19.6. The van der Waals surface area contributed by atoms with Crippen molar-refractivity contribution in [3.8, 4) is 0 Å². The average Bonchev–Trinajstić information content (AvgIpc) is 3.26. The topological polar surface area (TPSA) is 85.5 Å². The summed E-state index contributed by atoms with van der Waals surface area (Å²) in [7, 11) is 0. The smallest absolute Gasteiger partial charge is 0.245 e. The van der Waals surface area contributed by atoms with Crippen LogP contribution in [0.25, 0.3) is 10.9 Å². The van der Waals surface area contributed by atoms with Gasteiger partial charge in [0.2, 0.25) is 17.7 Å². The summed E-state index contributed by atoms with van der Waals surface area (Å²) in [5, 5.41) is 3.89. The standard InChI is InChI=1S/C27H32N4O3/c1-20(32)29-25(18-22-19-28-24-12-6-5-11-23(22)24)27(34)31-16-14-30(15-17-31)26(33)13-7-10-21-8-3-2-4-9-21/h2-6,8-9,11-12,19,25,28H,7,10,13-18H2,1H3,(H,29,32). The molecule has 4 rings (SSSR count). The fourth-order valence-electron chi connectivity index (χ4n) is 4.61. The van der Waals surface area contributed by atoms with E-state index >= 15 is 0 Å². The highest BCUT2D eigenvalue weighted by Crippen LogP contribution is 2.20. The Morgan fingerprint density at radius 2 is 1.62 bits per heavy atom. The second-order valence-electron chi connectivity index (χ2n) is 8.86. The number of carbonyl (C=O) groups is 3. The minimum Gasteiger partial charge on any atom is -0.361 e. The van der Waals surface area contributed by atoms with Crippen LogP contribution in [0.2, 0.25) is 0 Å². The first kappa shape index (κ1) is 23.5. The number of para-hydroxylation sites is 1. The van der Waals surface area contributed by atoms with Gasteiger partial charge in [-0.3, -0.25) is 14.4 Å². The monoisotopic (exact) mass is 460 g/mol. The lowest BCUT2D eigenvalue weighted by atomic mass is 10.0. The van der Waals surface area contributed by atoms with Crippen LogP contribution < -0.4 is 5.32 Å². The summed E-state index contributed by atoms with van der Waals surface area (Å²) < 4.78 is 0. The zero-order chi connectivity index (χ0) is 23.9. The van der Waals surface area contributed by atoms with E-state index in [4.69, 9.17) is 0 Å². The third-order valence-electron chi connectivity index (χ3n) is 6.42.